The standard InChI is InChI=1S/C13H10ClFOS/c1-7-6-10(8(2)17-7)13(16)9-4-3-5-11(14)12(9)15/h3-6H,1-2H3. The van der Waals surface area contributed by atoms with Crippen molar-refractivity contribution < 1.29 is 9.18 Å². The van der Waals surface area contributed by atoms with Crippen molar-refractivity contribution in [3.8, 4) is 0 Å². The fourth-order valence-electron chi connectivity index (χ4n) is 1.68. The summed E-state index contributed by atoms with van der Waals surface area (Å²) in [6.45, 7) is 3.77. The van der Waals surface area contributed by atoms with Crippen LogP contribution < -0.4 is 0 Å². The van der Waals surface area contributed by atoms with Gasteiger partial charge in [-0.1, -0.05) is 17.7 Å². The van der Waals surface area contributed by atoms with Crippen molar-refractivity contribution >= 4 is 28.7 Å². The fraction of sp³-hybridized carbons (Fsp3) is 0.154. The Balaban J connectivity index is 2.51. The first-order valence-corrected chi connectivity index (χ1v) is 6.26. The lowest BCUT2D eigenvalue weighted by molar-refractivity contribution is 0.103. The molecule has 17 heavy (non-hydrogen) atoms. The fourth-order valence-corrected chi connectivity index (χ4v) is 2.78. The van der Waals surface area contributed by atoms with Gasteiger partial charge in [0, 0.05) is 15.3 Å². The summed E-state index contributed by atoms with van der Waals surface area (Å²) in [6, 6.07) is 6.24. The van der Waals surface area contributed by atoms with E-state index in [1.54, 1.807) is 12.1 Å². The van der Waals surface area contributed by atoms with Crippen molar-refractivity contribution in [3.63, 3.8) is 0 Å². The zero-order valence-corrected chi connectivity index (χ0v) is 11.0. The molecule has 1 aromatic heterocycles. The van der Waals surface area contributed by atoms with E-state index in [4.69, 9.17) is 11.6 Å². The largest absolute Gasteiger partial charge is 0.288 e. The lowest BCUT2D eigenvalue weighted by atomic mass is 10.0. The van der Waals surface area contributed by atoms with E-state index >= 15 is 0 Å². The average molecular weight is 269 g/mol. The van der Waals surface area contributed by atoms with E-state index in [1.165, 1.54) is 23.5 Å². The number of carbonyl (C=O) groups excluding carboxylic acids is 1. The topological polar surface area (TPSA) is 17.1 Å². The van der Waals surface area contributed by atoms with Crippen LogP contribution >= 0.6 is 22.9 Å². The van der Waals surface area contributed by atoms with Gasteiger partial charge in [0.15, 0.2) is 11.6 Å². The van der Waals surface area contributed by atoms with E-state index in [1.807, 2.05) is 13.8 Å². The van der Waals surface area contributed by atoms with Crippen molar-refractivity contribution in [2.75, 3.05) is 0 Å². The van der Waals surface area contributed by atoms with Crippen LogP contribution in [0.1, 0.15) is 25.7 Å². The van der Waals surface area contributed by atoms with Crippen LogP contribution in [0.15, 0.2) is 24.3 Å². The highest BCUT2D eigenvalue weighted by Crippen LogP contribution is 2.26. The van der Waals surface area contributed by atoms with Crippen LogP contribution in [0.4, 0.5) is 4.39 Å². The molecule has 0 aliphatic carbocycles. The van der Waals surface area contributed by atoms with Crippen LogP contribution in [0.3, 0.4) is 0 Å². The summed E-state index contributed by atoms with van der Waals surface area (Å²) < 4.78 is 13.7. The third kappa shape index (κ3) is 2.26. The Morgan fingerprint density at radius 3 is 2.59 bits per heavy atom. The van der Waals surface area contributed by atoms with Crippen LogP contribution in [0.2, 0.25) is 5.02 Å². The molecule has 0 bridgehead atoms. The van der Waals surface area contributed by atoms with Crippen LogP contribution in [-0.2, 0) is 0 Å². The number of rotatable bonds is 2. The number of halogens is 2. The molecule has 0 spiro atoms. The molecule has 0 unspecified atom stereocenters. The van der Waals surface area contributed by atoms with Gasteiger partial charge in [0.05, 0.1) is 10.6 Å². The van der Waals surface area contributed by atoms with Crippen LogP contribution in [0.25, 0.3) is 0 Å². The van der Waals surface area contributed by atoms with Gasteiger partial charge in [-0.3, -0.25) is 4.79 Å². The molecule has 2 aromatic rings. The van der Waals surface area contributed by atoms with Gasteiger partial charge in [0.2, 0.25) is 0 Å². The second kappa shape index (κ2) is 4.59. The molecule has 0 N–H and O–H groups in total. The summed E-state index contributed by atoms with van der Waals surface area (Å²) >= 11 is 7.19. The number of thiophene rings is 1. The number of hydrogen-bond donors (Lipinski definition) is 0. The van der Waals surface area contributed by atoms with Gasteiger partial charge < -0.3 is 0 Å². The number of hydrogen-bond acceptors (Lipinski definition) is 2. The second-order valence-corrected chi connectivity index (χ2v) is 5.63. The number of aryl methyl sites for hydroxylation is 2. The predicted molar refractivity (Wildman–Crippen MR) is 68.6 cm³/mol. The van der Waals surface area contributed by atoms with E-state index in [0.717, 1.165) is 9.75 Å². The van der Waals surface area contributed by atoms with Gasteiger partial charge in [-0.15, -0.1) is 11.3 Å². The first-order chi connectivity index (χ1) is 8.00. The van der Waals surface area contributed by atoms with Gasteiger partial charge in [0.25, 0.3) is 0 Å². The molecule has 2 rings (SSSR count). The maximum Gasteiger partial charge on any atom is 0.197 e. The van der Waals surface area contributed by atoms with E-state index in [0.29, 0.717) is 5.56 Å². The molecule has 0 saturated heterocycles. The molecule has 0 amide bonds. The van der Waals surface area contributed by atoms with Crippen LogP contribution in [0, 0.1) is 19.7 Å². The Morgan fingerprint density at radius 1 is 1.29 bits per heavy atom. The second-order valence-electron chi connectivity index (χ2n) is 3.76. The summed E-state index contributed by atoms with van der Waals surface area (Å²) in [4.78, 5) is 14.1. The average Bonchev–Trinajstić information content (AvgIpc) is 2.61. The molecule has 88 valence electrons. The normalized spacial score (nSPS) is 10.6. The zero-order valence-electron chi connectivity index (χ0n) is 9.38. The van der Waals surface area contributed by atoms with Crippen molar-refractivity contribution in [1.29, 1.82) is 0 Å². The lowest BCUT2D eigenvalue weighted by Gasteiger charge is -2.03. The summed E-state index contributed by atoms with van der Waals surface area (Å²) in [5.74, 6) is -0.964. The highest BCUT2D eigenvalue weighted by Gasteiger charge is 2.18. The summed E-state index contributed by atoms with van der Waals surface area (Å²) in [5.41, 5.74) is 0.576. The molecular formula is C13H10ClFOS. The quantitative estimate of drug-likeness (QED) is 0.739. The minimum absolute atomic E-state index is 0.0263. The molecule has 1 heterocycles. The molecule has 0 radical (unpaired) electrons. The zero-order chi connectivity index (χ0) is 12.6. The lowest BCUT2D eigenvalue weighted by Crippen LogP contribution is -2.04. The van der Waals surface area contributed by atoms with Crippen LogP contribution in [0.5, 0.6) is 0 Å². The molecule has 4 heteroatoms. The van der Waals surface area contributed by atoms with Crippen LogP contribution in [-0.4, -0.2) is 5.78 Å². The monoisotopic (exact) mass is 268 g/mol. The Morgan fingerprint density at radius 2 is 2.00 bits per heavy atom. The number of carbonyl (C=O) groups is 1. The van der Waals surface area contributed by atoms with Crippen molar-refractivity contribution in [1.82, 2.24) is 0 Å². The van der Waals surface area contributed by atoms with Gasteiger partial charge >= 0.3 is 0 Å². The Kier molecular flexibility index (Phi) is 3.31. The van der Waals surface area contributed by atoms with E-state index < -0.39 is 5.82 Å². The van der Waals surface area contributed by atoms with Gasteiger partial charge in [-0.25, -0.2) is 4.39 Å². The molecule has 0 saturated carbocycles. The molecule has 0 aliphatic rings. The maximum atomic E-state index is 13.7. The molecular weight excluding hydrogens is 259 g/mol. The number of benzene rings is 1. The smallest absolute Gasteiger partial charge is 0.197 e. The summed E-state index contributed by atoms with van der Waals surface area (Å²) in [5, 5.41) is -0.0274. The Bertz CT molecular complexity index is 589. The third-order valence-corrected chi connectivity index (χ3v) is 3.74. The van der Waals surface area contributed by atoms with Crippen molar-refractivity contribution in [2.24, 2.45) is 0 Å². The minimum atomic E-state index is -0.651. The SMILES string of the molecule is Cc1cc(C(=O)c2cccc(Cl)c2F)c(C)s1. The molecule has 0 aliphatic heterocycles. The first kappa shape index (κ1) is 12.3. The molecule has 1 nitrogen and oxygen atoms in total. The summed E-state index contributed by atoms with van der Waals surface area (Å²) in [6.07, 6.45) is 0. The first-order valence-electron chi connectivity index (χ1n) is 5.06. The van der Waals surface area contributed by atoms with E-state index in [9.17, 15) is 9.18 Å². The van der Waals surface area contributed by atoms with E-state index in [-0.39, 0.29) is 16.4 Å². The highest BCUT2D eigenvalue weighted by molar-refractivity contribution is 7.12. The predicted octanol–water partition coefficient (Wildman–Crippen LogP) is 4.39. The third-order valence-electron chi connectivity index (χ3n) is 2.48. The van der Waals surface area contributed by atoms with Crippen molar-refractivity contribution in [3.05, 3.63) is 56.0 Å². The molecule has 0 atom stereocenters. The minimum Gasteiger partial charge on any atom is -0.288 e. The van der Waals surface area contributed by atoms with Gasteiger partial charge in [0.1, 0.15) is 0 Å². The molecule has 1 aromatic carbocycles. The van der Waals surface area contributed by atoms with E-state index in [2.05, 4.69) is 0 Å². The Hall–Kier alpha value is -1.19. The van der Waals surface area contributed by atoms with Gasteiger partial charge in [-0.05, 0) is 32.0 Å². The number of ketones is 1. The Labute approximate surface area is 108 Å². The summed E-state index contributed by atoms with van der Waals surface area (Å²) in [7, 11) is 0. The highest BCUT2D eigenvalue weighted by atomic mass is 35.5. The maximum absolute atomic E-state index is 13.7. The van der Waals surface area contributed by atoms with Gasteiger partial charge in [-0.2, -0.15) is 0 Å². The van der Waals surface area contributed by atoms with Crippen molar-refractivity contribution in [2.45, 2.75) is 13.8 Å². The molecule has 0 fully saturated rings.